The third-order valence-electron chi connectivity index (χ3n) is 6.94. The van der Waals surface area contributed by atoms with E-state index in [-0.39, 0.29) is 11.9 Å². The van der Waals surface area contributed by atoms with Gasteiger partial charge in [-0.3, -0.25) is 9.29 Å². The van der Waals surface area contributed by atoms with Crippen LogP contribution in [-0.4, -0.2) is 77.7 Å². The van der Waals surface area contributed by atoms with Crippen LogP contribution in [0.2, 0.25) is 0 Å². The molecule has 12 heteroatoms. The van der Waals surface area contributed by atoms with Crippen LogP contribution in [0.1, 0.15) is 55.7 Å². The Balaban J connectivity index is 1.78. The fourth-order valence-electron chi connectivity index (χ4n) is 4.61. The van der Waals surface area contributed by atoms with Gasteiger partial charge < -0.3 is 14.4 Å². The third-order valence-corrected chi connectivity index (χ3v) is 8.79. The van der Waals surface area contributed by atoms with Crippen LogP contribution in [0.5, 0.6) is 11.5 Å². The first-order valence-corrected chi connectivity index (χ1v) is 13.9. The molecule has 1 aliphatic heterocycles. The van der Waals surface area contributed by atoms with Gasteiger partial charge in [0.05, 0.1) is 19.5 Å². The molecule has 0 amide bonds. The minimum Gasteiger partial charge on any atom is -0.494 e. The second-order valence-electron chi connectivity index (χ2n) is 9.59. The third kappa shape index (κ3) is 5.54. The van der Waals surface area contributed by atoms with Gasteiger partial charge in [0, 0.05) is 30.8 Å². The van der Waals surface area contributed by atoms with E-state index in [0.717, 1.165) is 31.5 Å². The van der Waals surface area contributed by atoms with E-state index in [0.29, 0.717) is 28.8 Å². The molecular weight excluding hydrogens is 494 g/mol. The van der Waals surface area contributed by atoms with Crippen molar-refractivity contribution in [1.29, 1.82) is 0 Å². The Labute approximate surface area is 218 Å². The number of hydrogen-bond donors (Lipinski definition) is 1. The number of ether oxygens (including phenoxy) is 2. The number of piperidine rings is 1. The van der Waals surface area contributed by atoms with Crippen molar-refractivity contribution in [2.75, 3.05) is 39.1 Å². The molecule has 0 spiro atoms. The summed E-state index contributed by atoms with van der Waals surface area (Å²) in [7, 11) is 1.27. The molecule has 37 heavy (non-hydrogen) atoms. The van der Waals surface area contributed by atoms with Crippen LogP contribution in [0, 0.1) is 6.92 Å². The van der Waals surface area contributed by atoms with Gasteiger partial charge in [-0.15, -0.1) is 10.2 Å². The van der Waals surface area contributed by atoms with Gasteiger partial charge in [-0.05, 0) is 58.0 Å². The van der Waals surface area contributed by atoms with E-state index in [1.54, 1.807) is 57.2 Å². The molecule has 2 aromatic heterocycles. The van der Waals surface area contributed by atoms with E-state index in [4.69, 9.17) is 9.47 Å². The molecule has 3 heterocycles. The number of methoxy groups -OCH3 is 2. The largest absolute Gasteiger partial charge is 0.494 e. The molecule has 1 saturated heterocycles. The molecule has 0 saturated carbocycles. The van der Waals surface area contributed by atoms with Gasteiger partial charge in [0.1, 0.15) is 28.8 Å². The lowest BCUT2D eigenvalue weighted by atomic mass is 9.97. The summed E-state index contributed by atoms with van der Waals surface area (Å²) < 4.78 is 42.9. The summed E-state index contributed by atoms with van der Waals surface area (Å²) in [4.78, 5) is 10.9. The number of likely N-dealkylation sites (tertiary alicyclic amines) is 1. The van der Waals surface area contributed by atoms with Crippen LogP contribution >= 0.6 is 0 Å². The van der Waals surface area contributed by atoms with Crippen LogP contribution in [-0.2, 0) is 10.0 Å². The maximum absolute atomic E-state index is 13.6. The van der Waals surface area contributed by atoms with Crippen molar-refractivity contribution in [1.82, 2.24) is 29.6 Å². The second kappa shape index (κ2) is 11.0. The van der Waals surface area contributed by atoms with Crippen molar-refractivity contribution in [2.45, 2.75) is 50.7 Å². The highest BCUT2D eigenvalue weighted by Gasteiger charge is 2.34. The molecule has 200 valence electrons. The molecule has 4 rings (SSSR count). The number of aromatic nitrogens is 5. The number of sulfonamides is 1. The predicted octanol–water partition coefficient (Wildman–Crippen LogP) is 3.13. The first kappa shape index (κ1) is 26.8. The Hall–Kier alpha value is -3.25. The van der Waals surface area contributed by atoms with Gasteiger partial charge in [-0.2, -0.15) is 0 Å². The summed E-state index contributed by atoms with van der Waals surface area (Å²) in [6.07, 6.45) is 5.28. The summed E-state index contributed by atoms with van der Waals surface area (Å²) in [5.41, 5.74) is 1.45. The Morgan fingerprint density at radius 2 is 1.73 bits per heavy atom. The summed E-state index contributed by atoms with van der Waals surface area (Å²) >= 11 is 0. The van der Waals surface area contributed by atoms with Crippen molar-refractivity contribution in [3.63, 3.8) is 0 Å². The molecule has 11 nitrogen and oxygen atoms in total. The fraction of sp³-hybridized carbons (Fsp3) is 0.520. The highest BCUT2D eigenvalue weighted by molar-refractivity contribution is 7.93. The summed E-state index contributed by atoms with van der Waals surface area (Å²) in [6.45, 7) is 7.10. The average molecular weight is 530 g/mol. The number of nitrogens with zero attached hydrogens (tertiary/aromatic N) is 6. The van der Waals surface area contributed by atoms with E-state index in [1.165, 1.54) is 0 Å². The molecule has 1 fully saturated rings. The zero-order valence-corrected chi connectivity index (χ0v) is 23.0. The first-order chi connectivity index (χ1) is 17.7. The fourth-order valence-corrected chi connectivity index (χ4v) is 5.84. The smallest absolute Gasteiger partial charge is 0.243 e. The van der Waals surface area contributed by atoms with E-state index < -0.39 is 21.2 Å². The zero-order valence-electron chi connectivity index (χ0n) is 22.2. The molecule has 1 aromatic carbocycles. The monoisotopic (exact) mass is 529 g/mol. The molecule has 3 atom stereocenters. The Kier molecular flexibility index (Phi) is 7.98. The molecule has 3 aromatic rings. The Morgan fingerprint density at radius 1 is 1.08 bits per heavy atom. The van der Waals surface area contributed by atoms with Gasteiger partial charge in [0.2, 0.25) is 16.0 Å². The number of rotatable bonds is 9. The van der Waals surface area contributed by atoms with Crippen molar-refractivity contribution < 1.29 is 17.9 Å². The summed E-state index contributed by atoms with van der Waals surface area (Å²) in [5.74, 6) is 1.81. The van der Waals surface area contributed by atoms with Gasteiger partial charge in [0.15, 0.2) is 0 Å². The minimum atomic E-state index is -3.91. The van der Waals surface area contributed by atoms with E-state index in [9.17, 15) is 8.42 Å². The molecular formula is C25H35N7O4S. The topological polar surface area (TPSA) is 124 Å². The van der Waals surface area contributed by atoms with Crippen LogP contribution < -0.4 is 14.2 Å². The number of anilines is 1. The number of benzene rings is 1. The van der Waals surface area contributed by atoms with Crippen molar-refractivity contribution >= 4 is 16.0 Å². The van der Waals surface area contributed by atoms with Crippen LogP contribution in [0.15, 0.2) is 30.6 Å². The van der Waals surface area contributed by atoms with Crippen LogP contribution in [0.3, 0.4) is 0 Å². The van der Waals surface area contributed by atoms with E-state index in [1.807, 2.05) is 13.0 Å². The van der Waals surface area contributed by atoms with Crippen molar-refractivity contribution in [3.05, 3.63) is 47.8 Å². The van der Waals surface area contributed by atoms with E-state index >= 15 is 0 Å². The second-order valence-corrected chi connectivity index (χ2v) is 11.6. The summed E-state index contributed by atoms with van der Waals surface area (Å²) in [5, 5.41) is 7.95. The van der Waals surface area contributed by atoms with Gasteiger partial charge >= 0.3 is 0 Å². The van der Waals surface area contributed by atoms with Crippen LogP contribution in [0.25, 0.3) is 5.69 Å². The molecule has 1 aliphatic rings. The normalized spacial score (nSPS) is 18.3. The summed E-state index contributed by atoms with van der Waals surface area (Å²) in [6, 6.07) is 5.41. The lowest BCUT2D eigenvalue weighted by Crippen LogP contribution is -2.33. The number of likely N-dealkylation sites (N-methyl/N-ethyl adjacent to an activating group) is 1. The average Bonchev–Trinajstić information content (AvgIpc) is 3.29. The zero-order chi connectivity index (χ0) is 26.7. The SMILES string of the molecule is COc1cccc(OC)c1-n1c(NS(=O)(=O)C(C)C(C)c2ncc(C)cn2)nnc1[C@@H]1CCCN(C)C1. The molecule has 0 aliphatic carbocycles. The van der Waals surface area contributed by atoms with Gasteiger partial charge in [-0.1, -0.05) is 13.0 Å². The molecule has 0 bridgehead atoms. The number of aryl methyl sites for hydroxylation is 1. The maximum atomic E-state index is 13.6. The Morgan fingerprint density at radius 3 is 2.32 bits per heavy atom. The Bertz CT molecular complexity index is 1310. The quantitative estimate of drug-likeness (QED) is 0.445. The lowest BCUT2D eigenvalue weighted by Gasteiger charge is -2.29. The standard InChI is InChI=1S/C25H35N7O4S/c1-16-13-26-23(27-14-16)17(2)18(3)37(33,34)30-25-29-28-24(19-9-8-12-31(4)15-19)32(25)22-20(35-5)10-7-11-21(22)36-6/h7,10-11,13-14,17-19H,8-9,12,15H2,1-6H3,(H,29,30)/t17?,18?,19-/m1/s1. The van der Waals surface area contributed by atoms with Crippen LogP contribution in [0.4, 0.5) is 5.95 Å². The maximum Gasteiger partial charge on any atom is 0.243 e. The van der Waals surface area contributed by atoms with Gasteiger partial charge in [0.25, 0.3) is 0 Å². The number of nitrogens with one attached hydrogen (secondary N) is 1. The van der Waals surface area contributed by atoms with Crippen molar-refractivity contribution in [2.24, 2.45) is 0 Å². The molecule has 0 radical (unpaired) electrons. The lowest BCUT2D eigenvalue weighted by molar-refractivity contribution is 0.244. The van der Waals surface area contributed by atoms with E-state index in [2.05, 4.69) is 36.8 Å². The number of para-hydroxylation sites is 1. The minimum absolute atomic E-state index is 0.0522. The highest BCUT2D eigenvalue weighted by Crippen LogP contribution is 2.38. The highest BCUT2D eigenvalue weighted by atomic mass is 32.2. The predicted molar refractivity (Wildman–Crippen MR) is 141 cm³/mol. The number of hydrogen-bond acceptors (Lipinski definition) is 9. The van der Waals surface area contributed by atoms with Gasteiger partial charge in [-0.25, -0.2) is 18.4 Å². The molecule has 1 N–H and O–H groups in total. The molecule has 2 unspecified atom stereocenters. The van der Waals surface area contributed by atoms with Crippen molar-refractivity contribution in [3.8, 4) is 17.2 Å². The first-order valence-electron chi connectivity index (χ1n) is 12.3.